The monoisotopic (exact) mass is 255 g/mol. The number of hydrogen-bond acceptors (Lipinski definition) is 3. The van der Waals surface area contributed by atoms with E-state index in [9.17, 15) is 4.79 Å². The van der Waals surface area contributed by atoms with Crippen LogP contribution in [0.25, 0.3) is 0 Å². The summed E-state index contributed by atoms with van der Waals surface area (Å²) in [5.41, 5.74) is 5.94. The molecule has 1 aliphatic rings. The van der Waals surface area contributed by atoms with E-state index in [4.69, 9.17) is 5.73 Å². The van der Waals surface area contributed by atoms with Gasteiger partial charge in [0.2, 0.25) is 5.91 Å². The van der Waals surface area contributed by atoms with Crippen molar-refractivity contribution in [3.8, 4) is 0 Å². The fraction of sp³-hybridized carbons (Fsp3) is 0.929. The Morgan fingerprint density at radius 1 is 1.33 bits per heavy atom. The van der Waals surface area contributed by atoms with Crippen LogP contribution in [0.1, 0.15) is 60.3 Å². The number of hydrogen-bond donors (Lipinski definition) is 3. The van der Waals surface area contributed by atoms with Crippen LogP contribution in [0, 0.1) is 0 Å². The molecule has 1 fully saturated rings. The molecule has 1 heterocycles. The quantitative estimate of drug-likeness (QED) is 0.714. The number of nitrogens with two attached hydrogens (primary N) is 1. The molecule has 1 unspecified atom stereocenters. The third-order valence-corrected chi connectivity index (χ3v) is 3.53. The van der Waals surface area contributed by atoms with Crippen molar-refractivity contribution in [1.29, 1.82) is 0 Å². The Morgan fingerprint density at radius 3 is 2.28 bits per heavy atom. The predicted molar refractivity (Wildman–Crippen MR) is 75.3 cm³/mol. The molecule has 4 N–H and O–H groups in total. The number of nitrogens with one attached hydrogen (secondary N) is 2. The molecule has 0 radical (unpaired) electrons. The summed E-state index contributed by atoms with van der Waals surface area (Å²) in [7, 11) is 0. The predicted octanol–water partition coefficient (Wildman–Crippen LogP) is 1.54. The fourth-order valence-electron chi connectivity index (χ4n) is 3.09. The average Bonchev–Trinajstić information content (AvgIpc) is 2.11. The van der Waals surface area contributed by atoms with E-state index in [1.165, 1.54) is 0 Å². The molecule has 4 heteroatoms. The highest BCUT2D eigenvalue weighted by Gasteiger charge is 2.38. The molecular weight excluding hydrogens is 226 g/mol. The molecular formula is C14H29N3O. The summed E-state index contributed by atoms with van der Waals surface area (Å²) >= 11 is 0. The SMILES string of the molecule is CCC(N)CC(=O)NC1CC(C)(C)NC(C)(C)C1. The van der Waals surface area contributed by atoms with E-state index in [0.29, 0.717) is 6.42 Å². The molecule has 1 saturated heterocycles. The molecule has 0 saturated carbocycles. The average molecular weight is 255 g/mol. The lowest BCUT2D eigenvalue weighted by molar-refractivity contribution is -0.122. The second-order valence-electron chi connectivity index (χ2n) is 6.94. The molecule has 1 rings (SSSR count). The Balaban J connectivity index is 2.54. The van der Waals surface area contributed by atoms with Gasteiger partial charge in [0.1, 0.15) is 0 Å². The van der Waals surface area contributed by atoms with E-state index >= 15 is 0 Å². The third-order valence-electron chi connectivity index (χ3n) is 3.53. The van der Waals surface area contributed by atoms with Gasteiger partial charge in [0.15, 0.2) is 0 Å². The van der Waals surface area contributed by atoms with Crippen LogP contribution in [0.15, 0.2) is 0 Å². The maximum absolute atomic E-state index is 11.9. The third kappa shape index (κ3) is 4.94. The molecule has 4 nitrogen and oxygen atoms in total. The van der Waals surface area contributed by atoms with Gasteiger partial charge in [-0.2, -0.15) is 0 Å². The summed E-state index contributed by atoms with van der Waals surface area (Å²) < 4.78 is 0. The zero-order chi connectivity index (χ0) is 14.0. The summed E-state index contributed by atoms with van der Waals surface area (Å²) in [4.78, 5) is 11.9. The van der Waals surface area contributed by atoms with Crippen LogP contribution in [-0.2, 0) is 4.79 Å². The molecule has 0 bridgehead atoms. The number of rotatable bonds is 4. The Bertz CT molecular complexity index is 283. The van der Waals surface area contributed by atoms with Gasteiger partial charge in [0, 0.05) is 29.6 Å². The number of piperidine rings is 1. The van der Waals surface area contributed by atoms with Crippen LogP contribution in [-0.4, -0.2) is 29.1 Å². The van der Waals surface area contributed by atoms with E-state index in [-0.39, 0.29) is 29.1 Å². The van der Waals surface area contributed by atoms with Gasteiger partial charge in [-0.3, -0.25) is 4.79 Å². The van der Waals surface area contributed by atoms with Gasteiger partial charge in [-0.15, -0.1) is 0 Å². The van der Waals surface area contributed by atoms with E-state index in [1.807, 2.05) is 6.92 Å². The minimum absolute atomic E-state index is 0.0206. The van der Waals surface area contributed by atoms with Crippen molar-refractivity contribution in [1.82, 2.24) is 10.6 Å². The van der Waals surface area contributed by atoms with Crippen LogP contribution >= 0.6 is 0 Å². The van der Waals surface area contributed by atoms with Crippen LogP contribution in [0.5, 0.6) is 0 Å². The lowest BCUT2D eigenvalue weighted by Crippen LogP contribution is -2.62. The normalized spacial score (nSPS) is 24.6. The largest absolute Gasteiger partial charge is 0.353 e. The summed E-state index contributed by atoms with van der Waals surface area (Å²) in [6.07, 6.45) is 3.20. The second-order valence-corrected chi connectivity index (χ2v) is 6.94. The number of carbonyl (C=O) groups excluding carboxylic acids is 1. The van der Waals surface area contributed by atoms with E-state index < -0.39 is 0 Å². The summed E-state index contributed by atoms with van der Waals surface area (Å²) in [5.74, 6) is 0.0860. The topological polar surface area (TPSA) is 67.2 Å². The van der Waals surface area contributed by atoms with E-state index in [1.54, 1.807) is 0 Å². The lowest BCUT2D eigenvalue weighted by Gasteiger charge is -2.46. The Hall–Kier alpha value is -0.610. The van der Waals surface area contributed by atoms with Crippen molar-refractivity contribution >= 4 is 5.91 Å². The van der Waals surface area contributed by atoms with E-state index in [0.717, 1.165) is 19.3 Å². The summed E-state index contributed by atoms with van der Waals surface area (Å²) in [6, 6.07) is 0.223. The minimum atomic E-state index is -0.0206. The maximum Gasteiger partial charge on any atom is 0.221 e. The molecule has 0 aliphatic carbocycles. The first kappa shape index (κ1) is 15.4. The minimum Gasteiger partial charge on any atom is -0.353 e. The molecule has 1 aliphatic heterocycles. The van der Waals surface area contributed by atoms with Crippen molar-refractivity contribution in [3.05, 3.63) is 0 Å². The van der Waals surface area contributed by atoms with Crippen molar-refractivity contribution in [2.75, 3.05) is 0 Å². The van der Waals surface area contributed by atoms with Crippen molar-refractivity contribution in [2.45, 2.75) is 83.5 Å². The van der Waals surface area contributed by atoms with Gasteiger partial charge in [-0.1, -0.05) is 6.92 Å². The Morgan fingerprint density at radius 2 is 1.83 bits per heavy atom. The van der Waals surface area contributed by atoms with Gasteiger partial charge in [0.05, 0.1) is 0 Å². The molecule has 0 aromatic heterocycles. The number of amides is 1. The van der Waals surface area contributed by atoms with Gasteiger partial charge in [0.25, 0.3) is 0 Å². The Kier molecular flexibility index (Phi) is 4.78. The smallest absolute Gasteiger partial charge is 0.221 e. The second kappa shape index (κ2) is 5.57. The van der Waals surface area contributed by atoms with Gasteiger partial charge in [-0.25, -0.2) is 0 Å². The first-order valence-electron chi connectivity index (χ1n) is 6.98. The summed E-state index contributed by atoms with van der Waals surface area (Å²) in [5, 5.41) is 6.75. The van der Waals surface area contributed by atoms with Crippen LogP contribution in [0.2, 0.25) is 0 Å². The molecule has 1 amide bonds. The van der Waals surface area contributed by atoms with Gasteiger partial charge >= 0.3 is 0 Å². The van der Waals surface area contributed by atoms with Crippen molar-refractivity contribution in [2.24, 2.45) is 5.73 Å². The fourth-order valence-corrected chi connectivity index (χ4v) is 3.09. The molecule has 106 valence electrons. The molecule has 0 aromatic carbocycles. The van der Waals surface area contributed by atoms with E-state index in [2.05, 4.69) is 38.3 Å². The highest BCUT2D eigenvalue weighted by atomic mass is 16.1. The summed E-state index contributed by atoms with van der Waals surface area (Å²) in [6.45, 7) is 10.8. The molecule has 0 aromatic rings. The van der Waals surface area contributed by atoms with Crippen molar-refractivity contribution in [3.63, 3.8) is 0 Å². The van der Waals surface area contributed by atoms with Gasteiger partial charge < -0.3 is 16.4 Å². The van der Waals surface area contributed by atoms with Crippen LogP contribution in [0.4, 0.5) is 0 Å². The molecule has 1 atom stereocenters. The number of carbonyl (C=O) groups is 1. The zero-order valence-electron chi connectivity index (χ0n) is 12.5. The van der Waals surface area contributed by atoms with Crippen LogP contribution < -0.4 is 16.4 Å². The zero-order valence-corrected chi connectivity index (χ0v) is 12.5. The molecule has 0 spiro atoms. The first-order chi connectivity index (χ1) is 8.13. The van der Waals surface area contributed by atoms with Gasteiger partial charge in [-0.05, 0) is 47.0 Å². The first-order valence-corrected chi connectivity index (χ1v) is 6.98. The highest BCUT2D eigenvalue weighted by Crippen LogP contribution is 2.28. The lowest BCUT2D eigenvalue weighted by atomic mass is 9.79. The Labute approximate surface area is 111 Å². The maximum atomic E-state index is 11.9. The standard InChI is InChI=1S/C14H29N3O/c1-6-10(15)7-12(18)16-11-8-13(2,3)17-14(4,5)9-11/h10-11,17H,6-9,15H2,1-5H3,(H,16,18). The van der Waals surface area contributed by atoms with Crippen LogP contribution in [0.3, 0.4) is 0 Å². The van der Waals surface area contributed by atoms with Crippen molar-refractivity contribution < 1.29 is 4.79 Å². The highest BCUT2D eigenvalue weighted by molar-refractivity contribution is 5.76. The molecule has 18 heavy (non-hydrogen) atoms.